The quantitative estimate of drug-likeness (QED) is 0.497. The van der Waals surface area contributed by atoms with E-state index in [-0.39, 0.29) is 11.8 Å². The molecule has 1 aliphatic heterocycles. The second-order valence-corrected chi connectivity index (χ2v) is 9.67. The maximum atomic E-state index is 12.8. The highest BCUT2D eigenvalue weighted by atomic mass is 16.1. The van der Waals surface area contributed by atoms with Crippen LogP contribution in [0.2, 0.25) is 0 Å². The Morgan fingerprint density at radius 3 is 2.47 bits per heavy atom. The summed E-state index contributed by atoms with van der Waals surface area (Å²) in [7, 11) is 0. The predicted octanol–water partition coefficient (Wildman–Crippen LogP) is 5.34. The molecule has 2 heterocycles. The van der Waals surface area contributed by atoms with E-state index in [1.54, 1.807) is 0 Å². The van der Waals surface area contributed by atoms with Crippen LogP contribution in [0, 0.1) is 12.8 Å². The first-order valence-electron chi connectivity index (χ1n) is 12.1. The summed E-state index contributed by atoms with van der Waals surface area (Å²) in [4.78, 5) is 15.3. The Balaban J connectivity index is 1.51. The maximum Gasteiger partial charge on any atom is 0.220 e. The van der Waals surface area contributed by atoms with Crippen LogP contribution in [0.15, 0.2) is 54.7 Å². The zero-order chi connectivity index (χ0) is 22.5. The van der Waals surface area contributed by atoms with Gasteiger partial charge in [-0.05, 0) is 61.9 Å². The van der Waals surface area contributed by atoms with Crippen molar-refractivity contribution >= 4 is 16.8 Å². The number of fused-ring (bicyclic) bond motifs is 1. The molecular weight excluding hydrogens is 394 g/mol. The molecule has 2 aromatic carbocycles. The van der Waals surface area contributed by atoms with Gasteiger partial charge in [-0.2, -0.15) is 0 Å². The Hall–Kier alpha value is -2.59. The number of amides is 1. The molecule has 1 aromatic heterocycles. The van der Waals surface area contributed by atoms with Crippen LogP contribution < -0.4 is 5.32 Å². The molecule has 1 fully saturated rings. The third kappa shape index (κ3) is 5.42. The summed E-state index contributed by atoms with van der Waals surface area (Å²) in [6.07, 6.45) is 5.40. The molecule has 170 valence electrons. The van der Waals surface area contributed by atoms with Gasteiger partial charge in [-0.15, -0.1) is 0 Å². The van der Waals surface area contributed by atoms with Gasteiger partial charge in [0.15, 0.2) is 0 Å². The fraction of sp³-hybridized carbons (Fsp3) is 0.464. The molecule has 4 heteroatoms. The Kier molecular flexibility index (Phi) is 7.31. The zero-order valence-corrected chi connectivity index (χ0v) is 19.8. The Morgan fingerprint density at radius 2 is 1.75 bits per heavy atom. The Morgan fingerprint density at radius 1 is 1.03 bits per heavy atom. The molecule has 4 nitrogen and oxygen atoms in total. The summed E-state index contributed by atoms with van der Waals surface area (Å²) < 4.78 is 2.34. The van der Waals surface area contributed by atoms with E-state index in [4.69, 9.17) is 0 Å². The number of benzene rings is 2. The minimum absolute atomic E-state index is 0.165. The lowest BCUT2D eigenvalue weighted by molar-refractivity contribution is -0.121. The third-order valence-electron chi connectivity index (χ3n) is 6.85. The second-order valence-electron chi connectivity index (χ2n) is 9.67. The minimum Gasteiger partial charge on any atom is -0.355 e. The molecule has 1 N–H and O–H groups in total. The number of carbonyl (C=O) groups excluding carboxylic acids is 1. The van der Waals surface area contributed by atoms with Crippen LogP contribution in [0.3, 0.4) is 0 Å². The number of para-hydroxylation sites is 1. The van der Waals surface area contributed by atoms with Crippen molar-refractivity contribution < 1.29 is 4.79 Å². The summed E-state index contributed by atoms with van der Waals surface area (Å²) in [6.45, 7) is 11.5. The van der Waals surface area contributed by atoms with Crippen LogP contribution in [0.4, 0.5) is 0 Å². The normalized spacial score (nSPS) is 15.5. The van der Waals surface area contributed by atoms with Gasteiger partial charge in [-0.3, -0.25) is 4.79 Å². The number of aromatic nitrogens is 1. The Bertz CT molecular complexity index is 1030. The van der Waals surface area contributed by atoms with E-state index < -0.39 is 0 Å². The molecule has 1 aliphatic rings. The van der Waals surface area contributed by atoms with Crippen LogP contribution in [0.25, 0.3) is 10.9 Å². The van der Waals surface area contributed by atoms with Gasteiger partial charge in [0.1, 0.15) is 0 Å². The molecule has 0 aliphatic carbocycles. The van der Waals surface area contributed by atoms with Crippen LogP contribution in [0.5, 0.6) is 0 Å². The second kappa shape index (κ2) is 10.4. The molecule has 4 rings (SSSR count). The first-order chi connectivity index (χ1) is 15.5. The summed E-state index contributed by atoms with van der Waals surface area (Å²) in [6, 6.07) is 17.4. The lowest BCUT2D eigenvalue weighted by atomic mass is 9.85. The van der Waals surface area contributed by atoms with E-state index in [2.05, 4.69) is 90.3 Å². The smallest absolute Gasteiger partial charge is 0.220 e. The average Bonchev–Trinajstić information content (AvgIpc) is 3.42. The van der Waals surface area contributed by atoms with Gasteiger partial charge in [-0.25, -0.2) is 0 Å². The SMILES string of the molecule is Cc1ccc(Cn2cc(C(CC(=O)NCCN3CCCC3)C(C)C)c3ccccc32)cc1. The Labute approximate surface area is 192 Å². The number of hydrogen-bond acceptors (Lipinski definition) is 2. The zero-order valence-electron chi connectivity index (χ0n) is 19.8. The van der Waals surface area contributed by atoms with Crippen LogP contribution in [-0.2, 0) is 11.3 Å². The van der Waals surface area contributed by atoms with Crippen molar-refractivity contribution in [3.8, 4) is 0 Å². The van der Waals surface area contributed by atoms with E-state index in [0.717, 1.165) is 19.6 Å². The van der Waals surface area contributed by atoms with E-state index in [0.29, 0.717) is 12.3 Å². The van der Waals surface area contributed by atoms with Crippen LogP contribution in [-0.4, -0.2) is 41.6 Å². The molecular formula is C28H37N3O. The average molecular weight is 432 g/mol. The highest BCUT2D eigenvalue weighted by Gasteiger charge is 2.24. The first-order valence-corrected chi connectivity index (χ1v) is 12.1. The summed E-state index contributed by atoms with van der Waals surface area (Å²) in [5, 5.41) is 4.44. The monoisotopic (exact) mass is 431 g/mol. The maximum absolute atomic E-state index is 12.8. The number of nitrogens with one attached hydrogen (secondary N) is 1. The highest BCUT2D eigenvalue weighted by Crippen LogP contribution is 2.35. The number of rotatable bonds is 9. The third-order valence-corrected chi connectivity index (χ3v) is 6.85. The van der Waals surface area contributed by atoms with Gasteiger partial charge in [0.2, 0.25) is 5.91 Å². The highest BCUT2D eigenvalue weighted by molar-refractivity contribution is 5.86. The molecule has 3 aromatic rings. The van der Waals surface area contributed by atoms with E-state index in [1.165, 1.54) is 53.5 Å². The van der Waals surface area contributed by atoms with Crippen molar-refractivity contribution in [1.82, 2.24) is 14.8 Å². The molecule has 0 saturated carbocycles. The van der Waals surface area contributed by atoms with Gasteiger partial charge in [0.05, 0.1) is 0 Å². The van der Waals surface area contributed by atoms with Gasteiger partial charge in [0.25, 0.3) is 0 Å². The summed E-state index contributed by atoms with van der Waals surface area (Å²) in [5.74, 6) is 0.752. The molecule has 0 spiro atoms. The van der Waals surface area contributed by atoms with Crippen molar-refractivity contribution in [2.24, 2.45) is 5.92 Å². The van der Waals surface area contributed by atoms with E-state index >= 15 is 0 Å². The van der Waals surface area contributed by atoms with Gasteiger partial charge < -0.3 is 14.8 Å². The molecule has 1 amide bonds. The molecule has 1 unspecified atom stereocenters. The largest absolute Gasteiger partial charge is 0.355 e. The number of nitrogens with zero attached hydrogens (tertiary/aromatic N) is 2. The van der Waals surface area contributed by atoms with Crippen LogP contribution in [0.1, 0.15) is 55.7 Å². The van der Waals surface area contributed by atoms with Crippen molar-refractivity contribution in [3.05, 3.63) is 71.4 Å². The van der Waals surface area contributed by atoms with Crippen molar-refractivity contribution in [1.29, 1.82) is 0 Å². The molecule has 32 heavy (non-hydrogen) atoms. The number of hydrogen-bond donors (Lipinski definition) is 1. The standard InChI is InChI=1S/C28H37N3O/c1-21(2)25(18-28(32)29-14-17-30-15-6-7-16-30)26-20-31(27-9-5-4-8-24(26)27)19-23-12-10-22(3)11-13-23/h4-5,8-13,20-21,25H,6-7,14-19H2,1-3H3,(H,29,32). The lowest BCUT2D eigenvalue weighted by Crippen LogP contribution is -2.34. The van der Waals surface area contributed by atoms with Gasteiger partial charge in [0, 0.05) is 43.2 Å². The van der Waals surface area contributed by atoms with E-state index in [9.17, 15) is 4.79 Å². The van der Waals surface area contributed by atoms with Crippen LogP contribution >= 0.6 is 0 Å². The molecule has 1 saturated heterocycles. The minimum atomic E-state index is 0.165. The van der Waals surface area contributed by atoms with Crippen molar-refractivity contribution in [2.75, 3.05) is 26.2 Å². The summed E-state index contributed by atoms with van der Waals surface area (Å²) >= 11 is 0. The topological polar surface area (TPSA) is 37.3 Å². The molecule has 0 radical (unpaired) electrons. The molecule has 1 atom stereocenters. The first kappa shape index (κ1) is 22.6. The fourth-order valence-corrected chi connectivity index (χ4v) is 4.93. The number of carbonyl (C=O) groups is 1. The van der Waals surface area contributed by atoms with E-state index in [1.807, 2.05) is 0 Å². The lowest BCUT2D eigenvalue weighted by Gasteiger charge is -2.21. The fourth-order valence-electron chi connectivity index (χ4n) is 4.93. The number of aryl methyl sites for hydroxylation is 1. The summed E-state index contributed by atoms with van der Waals surface area (Å²) in [5.41, 5.74) is 5.10. The number of likely N-dealkylation sites (tertiary alicyclic amines) is 1. The van der Waals surface area contributed by atoms with Crippen molar-refractivity contribution in [2.45, 2.75) is 52.5 Å². The molecule has 0 bridgehead atoms. The van der Waals surface area contributed by atoms with Gasteiger partial charge >= 0.3 is 0 Å². The predicted molar refractivity (Wildman–Crippen MR) is 133 cm³/mol. The van der Waals surface area contributed by atoms with Gasteiger partial charge in [-0.1, -0.05) is 61.9 Å². The van der Waals surface area contributed by atoms with Crippen molar-refractivity contribution in [3.63, 3.8) is 0 Å².